The molecule has 0 aliphatic carbocycles. The van der Waals surface area contributed by atoms with Crippen molar-refractivity contribution in [2.24, 2.45) is 0 Å². The second kappa shape index (κ2) is 6.03. The fourth-order valence-electron chi connectivity index (χ4n) is 2.51. The van der Waals surface area contributed by atoms with Crippen LogP contribution in [0.15, 0.2) is 48.4 Å². The van der Waals surface area contributed by atoms with E-state index in [1.807, 2.05) is 47.9 Å². The summed E-state index contributed by atoms with van der Waals surface area (Å²) in [5.74, 6) is 2.23. The molecule has 1 aromatic carbocycles. The predicted octanol–water partition coefficient (Wildman–Crippen LogP) is 2.16. The van der Waals surface area contributed by atoms with Crippen molar-refractivity contribution in [3.8, 4) is 11.4 Å². The molecule has 1 unspecified atom stereocenters. The van der Waals surface area contributed by atoms with E-state index in [9.17, 15) is 0 Å². The molecule has 2 aromatic rings. The molecule has 6 heteroatoms. The van der Waals surface area contributed by atoms with E-state index in [-0.39, 0.29) is 6.23 Å². The molecule has 1 atom stereocenters. The molecule has 0 spiro atoms. The molecule has 0 saturated carbocycles. The number of nitrogens with one attached hydrogen (secondary N) is 1. The van der Waals surface area contributed by atoms with Crippen LogP contribution in [0.1, 0.15) is 5.82 Å². The van der Waals surface area contributed by atoms with Gasteiger partial charge in [-0.15, -0.1) is 10.2 Å². The van der Waals surface area contributed by atoms with Gasteiger partial charge in [0.15, 0.2) is 12.1 Å². The van der Waals surface area contributed by atoms with Crippen molar-refractivity contribution in [3.05, 3.63) is 54.2 Å². The quantitative estimate of drug-likeness (QED) is 0.937. The van der Waals surface area contributed by atoms with Crippen LogP contribution in [0.2, 0.25) is 0 Å². The third-order valence-electron chi connectivity index (χ3n) is 3.54. The number of benzene rings is 1. The van der Waals surface area contributed by atoms with Crippen LogP contribution in [-0.2, 0) is 9.47 Å². The first kappa shape index (κ1) is 14.3. The maximum atomic E-state index is 5.53. The van der Waals surface area contributed by atoms with E-state index in [0.29, 0.717) is 5.76 Å². The van der Waals surface area contributed by atoms with Gasteiger partial charge in [0, 0.05) is 18.9 Å². The van der Waals surface area contributed by atoms with E-state index >= 15 is 0 Å². The second-order valence-corrected chi connectivity index (χ2v) is 4.84. The Morgan fingerprint density at radius 2 is 1.91 bits per heavy atom. The molecule has 114 valence electrons. The van der Waals surface area contributed by atoms with Gasteiger partial charge < -0.3 is 14.8 Å². The SMILES string of the molecule is COC1=C(n2c(C)nnc2-c2ccccc2)C(OC)NC=C1. The van der Waals surface area contributed by atoms with E-state index in [1.54, 1.807) is 20.4 Å². The minimum Gasteiger partial charge on any atom is -0.495 e. The first-order valence-corrected chi connectivity index (χ1v) is 6.97. The summed E-state index contributed by atoms with van der Waals surface area (Å²) in [4.78, 5) is 0. The monoisotopic (exact) mass is 298 g/mol. The summed E-state index contributed by atoms with van der Waals surface area (Å²) in [7, 11) is 3.28. The summed E-state index contributed by atoms with van der Waals surface area (Å²) in [6, 6.07) is 9.92. The van der Waals surface area contributed by atoms with Gasteiger partial charge in [-0.2, -0.15) is 0 Å². The number of hydrogen-bond acceptors (Lipinski definition) is 5. The van der Waals surface area contributed by atoms with Crippen LogP contribution in [0.4, 0.5) is 0 Å². The van der Waals surface area contributed by atoms with E-state index in [2.05, 4.69) is 15.5 Å². The number of dihydropyridines is 1. The molecule has 1 aliphatic heterocycles. The maximum Gasteiger partial charge on any atom is 0.172 e. The van der Waals surface area contributed by atoms with Crippen LogP contribution < -0.4 is 5.32 Å². The van der Waals surface area contributed by atoms with Crippen molar-refractivity contribution in [2.75, 3.05) is 14.2 Å². The van der Waals surface area contributed by atoms with Gasteiger partial charge in [0.25, 0.3) is 0 Å². The van der Waals surface area contributed by atoms with E-state index in [0.717, 1.165) is 22.9 Å². The molecule has 6 nitrogen and oxygen atoms in total. The molecule has 1 aromatic heterocycles. The number of aromatic nitrogens is 3. The van der Waals surface area contributed by atoms with Gasteiger partial charge in [-0.25, -0.2) is 0 Å². The van der Waals surface area contributed by atoms with Crippen LogP contribution in [0.5, 0.6) is 0 Å². The minimum atomic E-state index is -0.336. The van der Waals surface area contributed by atoms with E-state index < -0.39 is 0 Å². The average Bonchev–Trinajstić information content (AvgIpc) is 2.96. The predicted molar refractivity (Wildman–Crippen MR) is 83.5 cm³/mol. The van der Waals surface area contributed by atoms with Gasteiger partial charge in [-0.05, 0) is 13.0 Å². The van der Waals surface area contributed by atoms with Crippen molar-refractivity contribution in [3.63, 3.8) is 0 Å². The third-order valence-corrected chi connectivity index (χ3v) is 3.54. The lowest BCUT2D eigenvalue weighted by Crippen LogP contribution is -2.34. The Balaban J connectivity index is 2.21. The van der Waals surface area contributed by atoms with Crippen molar-refractivity contribution in [1.82, 2.24) is 20.1 Å². The molecule has 1 N–H and O–H groups in total. The Kier molecular flexibility index (Phi) is 3.93. The molecule has 0 saturated heterocycles. The van der Waals surface area contributed by atoms with Crippen molar-refractivity contribution >= 4 is 5.70 Å². The summed E-state index contributed by atoms with van der Waals surface area (Å²) < 4.78 is 13.0. The van der Waals surface area contributed by atoms with Crippen molar-refractivity contribution < 1.29 is 9.47 Å². The van der Waals surface area contributed by atoms with Crippen molar-refractivity contribution in [1.29, 1.82) is 0 Å². The van der Waals surface area contributed by atoms with Gasteiger partial charge in [-0.1, -0.05) is 30.3 Å². The van der Waals surface area contributed by atoms with Crippen LogP contribution in [0, 0.1) is 6.92 Å². The Hall–Kier alpha value is -2.60. The molecule has 2 heterocycles. The highest BCUT2D eigenvalue weighted by atomic mass is 16.5. The first-order chi connectivity index (χ1) is 10.8. The minimum absolute atomic E-state index is 0.336. The molecule has 3 rings (SSSR count). The highest BCUT2D eigenvalue weighted by molar-refractivity contribution is 5.67. The highest BCUT2D eigenvalue weighted by Gasteiger charge is 2.26. The number of allylic oxidation sites excluding steroid dienone is 1. The van der Waals surface area contributed by atoms with Crippen molar-refractivity contribution in [2.45, 2.75) is 13.2 Å². The largest absolute Gasteiger partial charge is 0.495 e. The zero-order chi connectivity index (χ0) is 15.5. The number of ether oxygens (including phenoxy) is 2. The zero-order valence-corrected chi connectivity index (χ0v) is 12.8. The van der Waals surface area contributed by atoms with Crippen LogP contribution >= 0.6 is 0 Å². The second-order valence-electron chi connectivity index (χ2n) is 4.84. The molecule has 0 fully saturated rings. The Labute approximate surface area is 129 Å². The molecule has 0 radical (unpaired) electrons. The van der Waals surface area contributed by atoms with E-state index in [4.69, 9.17) is 9.47 Å². The van der Waals surface area contributed by atoms with Gasteiger partial charge >= 0.3 is 0 Å². The molecule has 0 amide bonds. The van der Waals surface area contributed by atoms with Gasteiger partial charge in [0.2, 0.25) is 0 Å². The lowest BCUT2D eigenvalue weighted by Gasteiger charge is -2.26. The number of rotatable bonds is 4. The lowest BCUT2D eigenvalue weighted by atomic mass is 10.2. The number of aryl methyl sites for hydroxylation is 1. The summed E-state index contributed by atoms with van der Waals surface area (Å²) in [5, 5.41) is 11.7. The molecule has 22 heavy (non-hydrogen) atoms. The highest BCUT2D eigenvalue weighted by Crippen LogP contribution is 2.28. The normalized spacial score (nSPS) is 17.5. The number of hydrogen-bond donors (Lipinski definition) is 1. The lowest BCUT2D eigenvalue weighted by molar-refractivity contribution is 0.122. The summed E-state index contributed by atoms with van der Waals surface area (Å²) in [5.41, 5.74) is 1.81. The number of nitrogens with zero attached hydrogens (tertiary/aromatic N) is 3. The fraction of sp³-hybridized carbons (Fsp3) is 0.250. The number of methoxy groups -OCH3 is 2. The Morgan fingerprint density at radius 3 is 2.59 bits per heavy atom. The summed E-state index contributed by atoms with van der Waals surface area (Å²) in [6.07, 6.45) is 3.33. The first-order valence-electron chi connectivity index (χ1n) is 6.97. The standard InChI is InChI=1S/C16H18N4O2/c1-11-18-19-15(12-7-5-4-6-8-12)20(11)14-13(21-2)9-10-17-16(14)22-3/h4-10,16-17H,1-3H3. The topological polar surface area (TPSA) is 61.2 Å². The van der Waals surface area contributed by atoms with Gasteiger partial charge in [-0.3, -0.25) is 4.57 Å². The zero-order valence-electron chi connectivity index (χ0n) is 12.8. The van der Waals surface area contributed by atoms with E-state index in [1.165, 1.54) is 0 Å². The smallest absolute Gasteiger partial charge is 0.172 e. The van der Waals surface area contributed by atoms with Crippen LogP contribution in [-0.4, -0.2) is 35.2 Å². The summed E-state index contributed by atoms with van der Waals surface area (Å²) in [6.45, 7) is 1.91. The Bertz CT molecular complexity index is 719. The molecular weight excluding hydrogens is 280 g/mol. The molecule has 1 aliphatic rings. The maximum absolute atomic E-state index is 5.53. The average molecular weight is 298 g/mol. The van der Waals surface area contributed by atoms with Crippen LogP contribution in [0.25, 0.3) is 17.1 Å². The Morgan fingerprint density at radius 1 is 1.14 bits per heavy atom. The summed E-state index contributed by atoms with van der Waals surface area (Å²) >= 11 is 0. The van der Waals surface area contributed by atoms with Crippen LogP contribution in [0.3, 0.4) is 0 Å². The third kappa shape index (κ3) is 2.37. The molecular formula is C16H18N4O2. The van der Waals surface area contributed by atoms with Gasteiger partial charge in [0.05, 0.1) is 7.11 Å². The van der Waals surface area contributed by atoms with Gasteiger partial charge in [0.1, 0.15) is 17.3 Å². The fourth-order valence-corrected chi connectivity index (χ4v) is 2.51. The molecule has 0 bridgehead atoms.